The third-order valence-corrected chi connectivity index (χ3v) is 3.52. The number of nitrogens with one attached hydrogen (secondary N) is 1. The predicted octanol–water partition coefficient (Wildman–Crippen LogP) is 0.555. The fraction of sp³-hybridized carbons (Fsp3) is 0.500. The number of aromatic nitrogens is 5. The summed E-state index contributed by atoms with van der Waals surface area (Å²) in [5.74, 6) is -1.49. The molecule has 0 aliphatic rings. The zero-order chi connectivity index (χ0) is 16.3. The number of thiazole rings is 1. The van der Waals surface area contributed by atoms with Crippen LogP contribution in [0.15, 0.2) is 5.38 Å². The summed E-state index contributed by atoms with van der Waals surface area (Å²) in [6, 6.07) is 0. The molecule has 0 aliphatic carbocycles. The van der Waals surface area contributed by atoms with E-state index in [9.17, 15) is 9.59 Å². The first-order valence-corrected chi connectivity index (χ1v) is 7.42. The highest BCUT2D eigenvalue weighted by atomic mass is 32.1. The van der Waals surface area contributed by atoms with Crippen LogP contribution in [0.1, 0.15) is 46.9 Å². The van der Waals surface area contributed by atoms with Crippen LogP contribution in [0.2, 0.25) is 0 Å². The lowest BCUT2D eigenvalue weighted by molar-refractivity contribution is 0.0690. The number of nitrogens with zero attached hydrogens (tertiary/aromatic N) is 5. The Kier molecular flexibility index (Phi) is 4.50. The summed E-state index contributed by atoms with van der Waals surface area (Å²) in [7, 11) is 0. The lowest BCUT2D eigenvalue weighted by Gasteiger charge is -2.15. The highest BCUT2D eigenvalue weighted by Gasteiger charge is 2.20. The van der Waals surface area contributed by atoms with Gasteiger partial charge in [0, 0.05) is 18.3 Å². The maximum atomic E-state index is 11.9. The summed E-state index contributed by atoms with van der Waals surface area (Å²) in [5.41, 5.74) is -0.333. The number of carbonyl (C=O) groups is 2. The molecule has 2 aromatic heterocycles. The molecule has 10 heteroatoms. The van der Waals surface area contributed by atoms with Gasteiger partial charge in [-0.2, -0.15) is 4.80 Å². The first-order chi connectivity index (χ1) is 10.3. The van der Waals surface area contributed by atoms with Gasteiger partial charge in [0.1, 0.15) is 0 Å². The Balaban J connectivity index is 1.87. The highest BCUT2D eigenvalue weighted by molar-refractivity contribution is 7.09. The zero-order valence-corrected chi connectivity index (χ0v) is 13.2. The number of amides is 1. The van der Waals surface area contributed by atoms with Gasteiger partial charge in [-0.15, -0.1) is 21.5 Å². The van der Waals surface area contributed by atoms with E-state index in [1.807, 2.05) is 20.8 Å². The van der Waals surface area contributed by atoms with Crippen molar-refractivity contribution in [1.29, 1.82) is 0 Å². The molecule has 0 spiro atoms. The Morgan fingerprint density at radius 2 is 2.14 bits per heavy atom. The summed E-state index contributed by atoms with van der Waals surface area (Å²) in [6.07, 6.45) is 0.442. The van der Waals surface area contributed by atoms with Gasteiger partial charge in [-0.25, -0.2) is 9.78 Å². The van der Waals surface area contributed by atoms with Gasteiger partial charge < -0.3 is 10.4 Å². The molecule has 0 saturated heterocycles. The molecule has 0 aliphatic heterocycles. The van der Waals surface area contributed by atoms with Gasteiger partial charge in [0.2, 0.25) is 0 Å². The fourth-order valence-electron chi connectivity index (χ4n) is 1.48. The minimum atomic E-state index is -1.06. The van der Waals surface area contributed by atoms with E-state index in [2.05, 4.69) is 25.7 Å². The van der Waals surface area contributed by atoms with E-state index in [4.69, 9.17) is 5.11 Å². The van der Waals surface area contributed by atoms with E-state index in [0.717, 1.165) is 0 Å². The third-order valence-electron chi connectivity index (χ3n) is 2.61. The highest BCUT2D eigenvalue weighted by Crippen LogP contribution is 2.10. The molecule has 0 fully saturated rings. The second-order valence-electron chi connectivity index (χ2n) is 5.51. The number of hydrogen-bond donors (Lipinski definition) is 2. The van der Waals surface area contributed by atoms with Crippen LogP contribution in [-0.4, -0.2) is 48.7 Å². The fourth-order valence-corrected chi connectivity index (χ4v) is 2.25. The Bertz CT molecular complexity index is 687. The molecular formula is C12H16N6O3S. The number of hydrogen-bond acceptors (Lipinski definition) is 7. The molecule has 0 aromatic carbocycles. The lowest BCUT2D eigenvalue weighted by Crippen LogP contribution is -2.28. The largest absolute Gasteiger partial charge is 0.476 e. The minimum absolute atomic E-state index is 0.000267. The van der Waals surface area contributed by atoms with E-state index in [-0.39, 0.29) is 17.1 Å². The van der Waals surface area contributed by atoms with Crippen LogP contribution < -0.4 is 5.32 Å². The Morgan fingerprint density at radius 1 is 1.41 bits per heavy atom. The molecule has 0 unspecified atom stereocenters. The van der Waals surface area contributed by atoms with Gasteiger partial charge in [-0.05, 0) is 26.0 Å². The third kappa shape index (κ3) is 3.85. The number of tetrazole rings is 1. The zero-order valence-electron chi connectivity index (χ0n) is 12.4. The van der Waals surface area contributed by atoms with Crippen molar-refractivity contribution in [1.82, 2.24) is 30.5 Å². The van der Waals surface area contributed by atoms with E-state index in [0.29, 0.717) is 18.0 Å². The summed E-state index contributed by atoms with van der Waals surface area (Å²) < 4.78 is 0. The smallest absolute Gasteiger partial charge is 0.355 e. The van der Waals surface area contributed by atoms with Gasteiger partial charge in [0.05, 0.1) is 10.5 Å². The average Bonchev–Trinajstić information content (AvgIpc) is 3.07. The van der Waals surface area contributed by atoms with Gasteiger partial charge in [0.25, 0.3) is 11.7 Å². The van der Waals surface area contributed by atoms with Gasteiger partial charge in [-0.1, -0.05) is 0 Å². The van der Waals surface area contributed by atoms with E-state index in [1.165, 1.54) is 21.5 Å². The molecule has 0 radical (unpaired) electrons. The molecule has 0 atom stereocenters. The summed E-state index contributed by atoms with van der Waals surface area (Å²) >= 11 is 1.24. The number of carboxylic acids is 1. The van der Waals surface area contributed by atoms with E-state index >= 15 is 0 Å². The quantitative estimate of drug-likeness (QED) is 0.823. The van der Waals surface area contributed by atoms with E-state index < -0.39 is 11.9 Å². The molecule has 2 N–H and O–H groups in total. The second kappa shape index (κ2) is 6.18. The standard InChI is InChI=1S/C12H16N6O3S/c1-12(2,3)18-16-9(15-17-18)10(19)13-5-4-8-14-7(6-22-8)11(20)21/h6H,4-5H2,1-3H3,(H,13,19)(H,20,21). The van der Waals surface area contributed by atoms with Crippen LogP contribution in [0.25, 0.3) is 0 Å². The van der Waals surface area contributed by atoms with Crippen LogP contribution in [0, 0.1) is 0 Å². The Labute approximate surface area is 130 Å². The second-order valence-corrected chi connectivity index (χ2v) is 6.45. The maximum Gasteiger partial charge on any atom is 0.355 e. The van der Waals surface area contributed by atoms with Gasteiger partial charge >= 0.3 is 5.97 Å². The number of rotatable bonds is 5. The molecule has 22 heavy (non-hydrogen) atoms. The van der Waals surface area contributed by atoms with Crippen LogP contribution in [0.5, 0.6) is 0 Å². The summed E-state index contributed by atoms with van der Waals surface area (Å²) in [5, 5.41) is 25.1. The monoisotopic (exact) mass is 324 g/mol. The Hall–Kier alpha value is -2.36. The number of carbonyl (C=O) groups excluding carboxylic acids is 1. The van der Waals surface area contributed by atoms with Crippen LogP contribution in [-0.2, 0) is 12.0 Å². The van der Waals surface area contributed by atoms with Crippen molar-refractivity contribution in [2.75, 3.05) is 6.54 Å². The molecule has 118 valence electrons. The predicted molar refractivity (Wildman–Crippen MR) is 77.9 cm³/mol. The first-order valence-electron chi connectivity index (χ1n) is 6.54. The van der Waals surface area contributed by atoms with Crippen molar-refractivity contribution in [2.45, 2.75) is 32.7 Å². The van der Waals surface area contributed by atoms with Crippen LogP contribution in [0.4, 0.5) is 0 Å². The lowest BCUT2D eigenvalue weighted by atomic mass is 10.1. The molecular weight excluding hydrogens is 308 g/mol. The van der Waals surface area contributed by atoms with Gasteiger partial charge in [-0.3, -0.25) is 4.79 Å². The van der Waals surface area contributed by atoms with Crippen molar-refractivity contribution in [3.63, 3.8) is 0 Å². The molecule has 0 saturated carbocycles. The topological polar surface area (TPSA) is 123 Å². The van der Waals surface area contributed by atoms with Crippen LogP contribution >= 0.6 is 11.3 Å². The molecule has 2 heterocycles. The molecule has 0 bridgehead atoms. The molecule has 9 nitrogen and oxygen atoms in total. The summed E-state index contributed by atoms with van der Waals surface area (Å²) in [4.78, 5) is 27.9. The van der Waals surface area contributed by atoms with Crippen molar-refractivity contribution < 1.29 is 14.7 Å². The molecule has 2 rings (SSSR count). The number of carboxylic acid groups (broad SMARTS) is 1. The Morgan fingerprint density at radius 3 is 2.68 bits per heavy atom. The first kappa shape index (κ1) is 16.0. The normalized spacial score (nSPS) is 11.4. The van der Waals surface area contributed by atoms with Crippen LogP contribution in [0.3, 0.4) is 0 Å². The average molecular weight is 324 g/mol. The SMILES string of the molecule is CC(C)(C)n1nnc(C(=O)NCCc2nc(C(=O)O)cs2)n1. The van der Waals surface area contributed by atoms with Crippen molar-refractivity contribution in [2.24, 2.45) is 0 Å². The maximum absolute atomic E-state index is 11.9. The molecule has 1 amide bonds. The van der Waals surface area contributed by atoms with E-state index in [1.54, 1.807) is 0 Å². The minimum Gasteiger partial charge on any atom is -0.476 e. The number of aromatic carboxylic acids is 1. The van der Waals surface area contributed by atoms with Crippen molar-refractivity contribution in [3.8, 4) is 0 Å². The van der Waals surface area contributed by atoms with Gasteiger partial charge in [0.15, 0.2) is 5.69 Å². The van der Waals surface area contributed by atoms with Crippen molar-refractivity contribution >= 4 is 23.2 Å². The summed E-state index contributed by atoms with van der Waals surface area (Å²) in [6.45, 7) is 6.02. The van der Waals surface area contributed by atoms with Crippen molar-refractivity contribution in [3.05, 3.63) is 21.9 Å². The molecule has 2 aromatic rings.